The molecule has 0 aliphatic rings. The van der Waals surface area contributed by atoms with Crippen LogP contribution < -0.4 is 0 Å². The first-order valence-corrected chi connectivity index (χ1v) is 10.6. The van der Waals surface area contributed by atoms with Crippen molar-refractivity contribution in [1.82, 2.24) is 15.0 Å². The Hall–Kier alpha value is -4.31. The minimum absolute atomic E-state index is 0.613. The molecule has 6 rings (SSSR count). The zero-order valence-electron chi connectivity index (χ0n) is 17.5. The van der Waals surface area contributed by atoms with Gasteiger partial charge in [-0.1, -0.05) is 78.9 Å². The van der Waals surface area contributed by atoms with Gasteiger partial charge >= 0.3 is 0 Å². The highest BCUT2D eigenvalue weighted by Gasteiger charge is 2.16. The van der Waals surface area contributed by atoms with Gasteiger partial charge in [-0.25, -0.2) is 15.0 Å². The molecule has 2 heterocycles. The van der Waals surface area contributed by atoms with Gasteiger partial charge in [0, 0.05) is 16.3 Å². The Labute approximate surface area is 185 Å². The Bertz CT molecular complexity index is 1590. The van der Waals surface area contributed by atoms with Crippen molar-refractivity contribution >= 4 is 21.9 Å². The number of nitrogens with zero attached hydrogens (tertiary/aromatic N) is 3. The molecule has 0 spiro atoms. The molecule has 0 saturated carbocycles. The third kappa shape index (κ3) is 3.13. The first kappa shape index (κ1) is 18.5. The second-order valence-corrected chi connectivity index (χ2v) is 7.76. The van der Waals surface area contributed by atoms with E-state index in [9.17, 15) is 0 Å². The summed E-state index contributed by atoms with van der Waals surface area (Å²) < 4.78 is 6.20. The van der Waals surface area contributed by atoms with Crippen LogP contribution in [-0.2, 0) is 0 Å². The van der Waals surface area contributed by atoms with Crippen molar-refractivity contribution in [1.29, 1.82) is 0 Å². The molecular formula is C28H19N3O. The molecule has 152 valence electrons. The van der Waals surface area contributed by atoms with Crippen LogP contribution >= 0.6 is 0 Å². The Morgan fingerprint density at radius 1 is 0.562 bits per heavy atom. The van der Waals surface area contributed by atoms with E-state index in [-0.39, 0.29) is 0 Å². The lowest BCUT2D eigenvalue weighted by Gasteiger charge is -2.08. The van der Waals surface area contributed by atoms with Crippen LogP contribution in [0.5, 0.6) is 0 Å². The molecule has 32 heavy (non-hydrogen) atoms. The van der Waals surface area contributed by atoms with Gasteiger partial charge in [0.05, 0.1) is 5.56 Å². The van der Waals surface area contributed by atoms with Crippen LogP contribution in [0.1, 0.15) is 5.82 Å². The van der Waals surface area contributed by atoms with Crippen molar-refractivity contribution in [2.45, 2.75) is 6.92 Å². The van der Waals surface area contributed by atoms with Crippen molar-refractivity contribution in [2.24, 2.45) is 0 Å². The van der Waals surface area contributed by atoms with E-state index < -0.39 is 0 Å². The number of para-hydroxylation sites is 2. The fraction of sp³-hybridized carbons (Fsp3) is 0.0357. The molecule has 0 aliphatic carbocycles. The Morgan fingerprint density at radius 2 is 1.25 bits per heavy atom. The smallest absolute Gasteiger partial charge is 0.167 e. The lowest BCUT2D eigenvalue weighted by atomic mass is 10.0. The van der Waals surface area contributed by atoms with E-state index in [0.29, 0.717) is 17.5 Å². The van der Waals surface area contributed by atoms with Crippen LogP contribution in [0.4, 0.5) is 0 Å². The maximum atomic E-state index is 6.20. The number of hydrogen-bond acceptors (Lipinski definition) is 4. The largest absolute Gasteiger partial charge is 0.455 e. The van der Waals surface area contributed by atoms with Crippen LogP contribution in [0.2, 0.25) is 0 Å². The zero-order valence-corrected chi connectivity index (χ0v) is 17.5. The van der Waals surface area contributed by atoms with Gasteiger partial charge in [0.25, 0.3) is 0 Å². The first-order chi connectivity index (χ1) is 15.8. The van der Waals surface area contributed by atoms with Gasteiger partial charge in [0.2, 0.25) is 0 Å². The van der Waals surface area contributed by atoms with Crippen molar-refractivity contribution < 1.29 is 4.42 Å². The van der Waals surface area contributed by atoms with Crippen LogP contribution in [0.15, 0.2) is 101 Å². The van der Waals surface area contributed by atoms with Gasteiger partial charge in [0.15, 0.2) is 11.6 Å². The lowest BCUT2D eigenvalue weighted by Crippen LogP contribution is -1.99. The number of furan rings is 1. The zero-order chi connectivity index (χ0) is 21.5. The average molecular weight is 413 g/mol. The predicted octanol–water partition coefficient (Wildman–Crippen LogP) is 7.08. The van der Waals surface area contributed by atoms with Crippen molar-refractivity contribution in [3.05, 3.63) is 103 Å². The topological polar surface area (TPSA) is 51.8 Å². The lowest BCUT2D eigenvalue weighted by molar-refractivity contribution is 0.669. The molecule has 0 bridgehead atoms. The maximum absolute atomic E-state index is 6.20. The third-order valence-corrected chi connectivity index (χ3v) is 5.62. The number of aryl methyl sites for hydroxylation is 1. The first-order valence-electron chi connectivity index (χ1n) is 10.6. The Kier molecular flexibility index (Phi) is 4.29. The molecule has 4 heteroatoms. The van der Waals surface area contributed by atoms with E-state index in [1.54, 1.807) is 0 Å². The van der Waals surface area contributed by atoms with E-state index >= 15 is 0 Å². The Morgan fingerprint density at radius 3 is 2.16 bits per heavy atom. The number of benzene rings is 4. The predicted molar refractivity (Wildman–Crippen MR) is 128 cm³/mol. The van der Waals surface area contributed by atoms with Gasteiger partial charge in [0.1, 0.15) is 17.0 Å². The number of aromatic nitrogens is 3. The van der Waals surface area contributed by atoms with E-state index in [2.05, 4.69) is 46.4 Å². The van der Waals surface area contributed by atoms with Crippen LogP contribution in [0, 0.1) is 6.92 Å². The van der Waals surface area contributed by atoms with E-state index in [1.807, 2.05) is 67.6 Å². The van der Waals surface area contributed by atoms with Crippen molar-refractivity contribution in [2.75, 3.05) is 0 Å². The maximum Gasteiger partial charge on any atom is 0.167 e. The highest BCUT2D eigenvalue weighted by Crippen LogP contribution is 2.35. The summed E-state index contributed by atoms with van der Waals surface area (Å²) in [5.41, 5.74) is 5.76. The summed E-state index contributed by atoms with van der Waals surface area (Å²) in [6.45, 7) is 1.90. The number of fused-ring (bicyclic) bond motifs is 3. The minimum Gasteiger partial charge on any atom is -0.455 e. The average Bonchev–Trinajstić information content (AvgIpc) is 3.23. The third-order valence-electron chi connectivity index (χ3n) is 5.62. The molecule has 0 atom stereocenters. The molecule has 0 aliphatic heterocycles. The standard InChI is InChI=1S/C28H19N3O/c1-18-29-27(21-12-7-11-20(17-21)19-9-3-2-4-10-19)31-28(30-18)24-15-8-14-23-22-13-5-6-16-25(22)32-26(23)24/h2-17H,1H3. The molecule has 0 saturated heterocycles. The summed E-state index contributed by atoms with van der Waals surface area (Å²) >= 11 is 0. The molecule has 4 nitrogen and oxygen atoms in total. The second-order valence-electron chi connectivity index (χ2n) is 7.76. The second kappa shape index (κ2) is 7.43. The monoisotopic (exact) mass is 413 g/mol. The fourth-order valence-corrected chi connectivity index (χ4v) is 4.12. The fourth-order valence-electron chi connectivity index (χ4n) is 4.12. The molecule has 0 N–H and O–H groups in total. The molecular weight excluding hydrogens is 394 g/mol. The summed E-state index contributed by atoms with van der Waals surface area (Å²) in [6.07, 6.45) is 0. The highest BCUT2D eigenvalue weighted by molar-refractivity contribution is 6.09. The summed E-state index contributed by atoms with van der Waals surface area (Å²) in [5.74, 6) is 1.93. The Balaban J connectivity index is 1.51. The van der Waals surface area contributed by atoms with Gasteiger partial charge in [-0.05, 0) is 36.2 Å². The SMILES string of the molecule is Cc1nc(-c2cccc(-c3ccccc3)c2)nc(-c2cccc3c2oc2ccccc23)n1. The van der Waals surface area contributed by atoms with Gasteiger partial charge < -0.3 is 4.42 Å². The molecule has 6 aromatic rings. The van der Waals surface area contributed by atoms with E-state index in [4.69, 9.17) is 9.40 Å². The number of hydrogen-bond donors (Lipinski definition) is 0. The quantitative estimate of drug-likeness (QED) is 0.311. The van der Waals surface area contributed by atoms with E-state index in [0.717, 1.165) is 44.2 Å². The van der Waals surface area contributed by atoms with Gasteiger partial charge in [-0.2, -0.15) is 0 Å². The summed E-state index contributed by atoms with van der Waals surface area (Å²) in [7, 11) is 0. The van der Waals surface area contributed by atoms with Crippen LogP contribution in [-0.4, -0.2) is 15.0 Å². The molecule has 4 aromatic carbocycles. The van der Waals surface area contributed by atoms with Crippen molar-refractivity contribution in [3.8, 4) is 33.9 Å². The molecule has 2 aromatic heterocycles. The van der Waals surface area contributed by atoms with E-state index in [1.165, 1.54) is 0 Å². The van der Waals surface area contributed by atoms with Crippen LogP contribution in [0.25, 0.3) is 55.8 Å². The molecule has 0 fully saturated rings. The summed E-state index contributed by atoms with van der Waals surface area (Å²) in [4.78, 5) is 14.1. The minimum atomic E-state index is 0.613. The number of rotatable bonds is 3. The normalized spacial score (nSPS) is 11.3. The molecule has 0 amide bonds. The van der Waals surface area contributed by atoms with Crippen molar-refractivity contribution in [3.63, 3.8) is 0 Å². The summed E-state index contributed by atoms with van der Waals surface area (Å²) in [6, 6.07) is 32.8. The molecule has 0 radical (unpaired) electrons. The molecule has 0 unspecified atom stereocenters. The van der Waals surface area contributed by atoms with Gasteiger partial charge in [-0.15, -0.1) is 0 Å². The highest BCUT2D eigenvalue weighted by atomic mass is 16.3. The van der Waals surface area contributed by atoms with Gasteiger partial charge in [-0.3, -0.25) is 0 Å². The van der Waals surface area contributed by atoms with Crippen LogP contribution in [0.3, 0.4) is 0 Å². The summed E-state index contributed by atoms with van der Waals surface area (Å²) in [5, 5.41) is 2.15.